The Balaban J connectivity index is 0.00000184. The first-order valence-electron chi connectivity index (χ1n) is 13.3. The monoisotopic (exact) mass is 605 g/mol. The summed E-state index contributed by atoms with van der Waals surface area (Å²) in [6.45, 7) is 0. The minimum atomic E-state index is 0. The summed E-state index contributed by atoms with van der Waals surface area (Å²) < 4.78 is 9.00. The number of methoxy groups -OCH3 is 1. The van der Waals surface area contributed by atoms with Crippen molar-refractivity contribution < 1.29 is 32.7 Å². The number of ether oxygens (including phenoxy) is 1. The number of phenols is 1. The van der Waals surface area contributed by atoms with Gasteiger partial charge in [0.25, 0.3) is 5.82 Å². The number of benzene rings is 5. The quantitative estimate of drug-likeness (QED) is 0.303. The minimum Gasteiger partial charge on any atom is -1.00 e. The normalized spacial score (nSPS) is 10.6. The van der Waals surface area contributed by atoms with Crippen molar-refractivity contribution in [1.82, 2.24) is 9.55 Å². The van der Waals surface area contributed by atoms with Gasteiger partial charge in [0, 0.05) is 11.1 Å². The zero-order valence-corrected chi connectivity index (χ0v) is 24.7. The van der Waals surface area contributed by atoms with Crippen molar-refractivity contribution in [3.8, 4) is 61.7 Å². The molecule has 0 aliphatic carbocycles. The number of aromatic hydroxyl groups is 1. The van der Waals surface area contributed by atoms with Crippen LogP contribution in [0.2, 0.25) is 0 Å². The number of thiazole rings is 1. The fourth-order valence-corrected chi connectivity index (χ4v) is 6.20. The lowest BCUT2D eigenvalue weighted by molar-refractivity contribution is -0.350. The highest BCUT2D eigenvalue weighted by atomic mass is 35.5. The molecule has 0 amide bonds. The molecule has 7 aromatic rings. The Labute approximate surface area is 259 Å². The summed E-state index contributed by atoms with van der Waals surface area (Å²) in [6.07, 6.45) is 0. The SMILES string of the molecule is COc1cc(-c2nc3ccccc3s2)c(O)c(-c2[nH+]c(-c3ccccc3)c(-c3ccccc3)n2-c2ccccc2)c1.O.[Cl-]. The zero-order chi connectivity index (χ0) is 27.8. The fraction of sp³-hybridized carbons (Fsp3) is 0.0286. The van der Waals surface area contributed by atoms with E-state index in [0.717, 1.165) is 49.3 Å². The third-order valence-electron chi connectivity index (χ3n) is 7.15. The number of aromatic nitrogens is 3. The highest BCUT2D eigenvalue weighted by Gasteiger charge is 2.32. The number of aromatic amines is 1. The Morgan fingerprint density at radius 3 is 1.98 bits per heavy atom. The second kappa shape index (κ2) is 12.5. The Morgan fingerprint density at radius 1 is 0.744 bits per heavy atom. The first-order chi connectivity index (χ1) is 20.2. The number of fused-ring (bicyclic) bond motifs is 1. The highest BCUT2D eigenvalue weighted by molar-refractivity contribution is 7.21. The zero-order valence-electron chi connectivity index (χ0n) is 23.2. The average Bonchev–Trinajstić information content (AvgIpc) is 3.65. The van der Waals surface area contributed by atoms with Gasteiger partial charge in [-0.1, -0.05) is 91.0 Å². The number of nitrogens with zero attached hydrogens (tertiary/aromatic N) is 2. The predicted octanol–water partition coefficient (Wildman–Crippen LogP) is 4.46. The molecule has 7 rings (SSSR count). The van der Waals surface area contributed by atoms with Crippen LogP contribution in [-0.2, 0) is 0 Å². The largest absolute Gasteiger partial charge is 1.00 e. The maximum absolute atomic E-state index is 11.9. The molecule has 6 nitrogen and oxygen atoms in total. The van der Waals surface area contributed by atoms with Crippen LogP contribution in [0.25, 0.3) is 60.4 Å². The Hall–Kier alpha value is -4.95. The van der Waals surface area contributed by atoms with Gasteiger partial charge in [-0.15, -0.1) is 11.3 Å². The van der Waals surface area contributed by atoms with Gasteiger partial charge in [0.2, 0.25) is 0 Å². The molecule has 0 bridgehead atoms. The molecular formula is C35H28ClN3O3S. The van der Waals surface area contributed by atoms with Crippen LogP contribution in [0.3, 0.4) is 0 Å². The smallest absolute Gasteiger partial charge is 0.296 e. The van der Waals surface area contributed by atoms with E-state index in [1.54, 1.807) is 18.4 Å². The van der Waals surface area contributed by atoms with Crippen LogP contribution in [-0.4, -0.2) is 27.2 Å². The molecule has 0 unspecified atom stereocenters. The Morgan fingerprint density at radius 2 is 1.33 bits per heavy atom. The second-order valence-corrected chi connectivity index (χ2v) is 10.7. The lowest BCUT2D eigenvalue weighted by Gasteiger charge is -2.11. The fourth-order valence-electron chi connectivity index (χ4n) is 5.22. The summed E-state index contributed by atoms with van der Waals surface area (Å²) in [5, 5.41) is 12.7. The number of hydrogen-bond donors (Lipinski definition) is 1. The second-order valence-electron chi connectivity index (χ2n) is 9.66. The summed E-state index contributed by atoms with van der Waals surface area (Å²) in [5.41, 5.74) is 7.11. The van der Waals surface area contributed by atoms with E-state index in [1.807, 2.05) is 91.0 Å². The highest BCUT2D eigenvalue weighted by Crippen LogP contribution is 2.45. The standard InChI is InChI=1S/C35H25N3O2S.ClH.H2O/c1-40-26-21-27(33(39)28(22-26)35-36-29-19-11-12-20-30(29)41-35)34-37-31(23-13-5-2-6-14-23)32(24-15-7-3-8-16-24)38(34)25-17-9-4-10-18-25;;/h2-22,39H,1H3;1H;1H2. The Kier molecular flexibility index (Phi) is 8.59. The molecule has 0 radical (unpaired) electrons. The minimum absolute atomic E-state index is 0. The molecule has 43 heavy (non-hydrogen) atoms. The number of rotatable bonds is 6. The number of para-hydroxylation sites is 2. The molecule has 0 aliphatic heterocycles. The number of H-pyrrole nitrogens is 1. The molecule has 0 saturated carbocycles. The third-order valence-corrected chi connectivity index (χ3v) is 8.22. The third kappa shape index (κ3) is 5.37. The van der Waals surface area contributed by atoms with E-state index in [1.165, 1.54) is 0 Å². The lowest BCUT2D eigenvalue weighted by atomic mass is 10.0. The van der Waals surface area contributed by atoms with Gasteiger partial charge in [-0.05, 0) is 36.4 Å². The molecule has 5 aromatic carbocycles. The Bertz CT molecular complexity index is 1960. The van der Waals surface area contributed by atoms with Crippen LogP contribution in [0.4, 0.5) is 0 Å². The van der Waals surface area contributed by atoms with E-state index in [4.69, 9.17) is 9.72 Å². The molecule has 0 aliphatic rings. The molecule has 8 heteroatoms. The predicted molar refractivity (Wildman–Crippen MR) is 169 cm³/mol. The van der Waals surface area contributed by atoms with Crippen LogP contribution in [0.5, 0.6) is 11.5 Å². The van der Waals surface area contributed by atoms with Gasteiger partial charge < -0.3 is 27.7 Å². The molecule has 0 spiro atoms. The van der Waals surface area contributed by atoms with Crippen LogP contribution >= 0.6 is 11.3 Å². The van der Waals surface area contributed by atoms with Crippen LogP contribution in [0.1, 0.15) is 0 Å². The van der Waals surface area contributed by atoms with E-state index in [0.29, 0.717) is 16.9 Å². The maximum Gasteiger partial charge on any atom is 0.296 e. The summed E-state index contributed by atoms with van der Waals surface area (Å²) in [4.78, 5) is 8.55. The van der Waals surface area contributed by atoms with Crippen molar-refractivity contribution in [3.05, 3.63) is 127 Å². The van der Waals surface area contributed by atoms with Crippen LogP contribution < -0.4 is 22.1 Å². The van der Waals surface area contributed by atoms with Gasteiger partial charge in [0.05, 0.1) is 22.9 Å². The maximum atomic E-state index is 11.9. The van der Waals surface area contributed by atoms with Gasteiger partial charge in [-0.3, -0.25) is 0 Å². The summed E-state index contributed by atoms with van der Waals surface area (Å²) >= 11 is 1.55. The van der Waals surface area contributed by atoms with Crippen molar-refractivity contribution in [3.63, 3.8) is 0 Å². The van der Waals surface area contributed by atoms with E-state index in [2.05, 4.69) is 45.9 Å². The van der Waals surface area contributed by atoms with Crippen LogP contribution in [0.15, 0.2) is 127 Å². The van der Waals surface area contributed by atoms with E-state index in [9.17, 15) is 5.11 Å². The molecule has 0 saturated heterocycles. The van der Waals surface area contributed by atoms with Gasteiger partial charge in [-0.25, -0.2) is 9.97 Å². The molecule has 214 valence electrons. The van der Waals surface area contributed by atoms with Gasteiger partial charge in [0.1, 0.15) is 27.8 Å². The van der Waals surface area contributed by atoms with Crippen molar-refractivity contribution in [2.75, 3.05) is 7.11 Å². The first-order valence-corrected chi connectivity index (χ1v) is 14.1. The topological polar surface area (TPSA) is 92.9 Å². The van der Waals surface area contributed by atoms with E-state index >= 15 is 0 Å². The molecule has 0 fully saturated rings. The number of hydrogen-bond acceptors (Lipinski definition) is 4. The first kappa shape index (κ1) is 29.5. The van der Waals surface area contributed by atoms with Gasteiger partial charge >= 0.3 is 0 Å². The lowest BCUT2D eigenvalue weighted by Crippen LogP contribution is -3.00. The summed E-state index contributed by atoms with van der Waals surface area (Å²) in [5.74, 6) is 1.49. The number of nitrogens with one attached hydrogen (secondary N) is 1. The molecular weight excluding hydrogens is 578 g/mol. The molecule has 4 N–H and O–H groups in total. The molecule has 2 heterocycles. The van der Waals surface area contributed by atoms with Gasteiger partial charge in [-0.2, -0.15) is 4.57 Å². The molecule has 0 atom stereocenters. The average molecular weight is 606 g/mol. The number of imidazole rings is 1. The van der Waals surface area contributed by atoms with Crippen molar-refractivity contribution >= 4 is 21.6 Å². The van der Waals surface area contributed by atoms with Crippen LogP contribution in [0, 0.1) is 0 Å². The van der Waals surface area contributed by atoms with E-state index in [-0.39, 0.29) is 23.6 Å². The summed E-state index contributed by atoms with van der Waals surface area (Å²) in [6, 6.07) is 42.5. The molecule has 2 aromatic heterocycles. The van der Waals surface area contributed by atoms with Gasteiger partial charge in [0.15, 0.2) is 11.4 Å². The van der Waals surface area contributed by atoms with E-state index < -0.39 is 0 Å². The number of phenolic OH excluding ortho intramolecular Hbond substituents is 1. The van der Waals surface area contributed by atoms with Crippen molar-refractivity contribution in [2.45, 2.75) is 0 Å². The van der Waals surface area contributed by atoms with Crippen molar-refractivity contribution in [1.29, 1.82) is 0 Å². The number of halogens is 1. The van der Waals surface area contributed by atoms with Crippen molar-refractivity contribution in [2.24, 2.45) is 0 Å². The summed E-state index contributed by atoms with van der Waals surface area (Å²) in [7, 11) is 1.64.